The van der Waals surface area contributed by atoms with Gasteiger partial charge in [0.2, 0.25) is 6.79 Å². The highest BCUT2D eigenvalue weighted by molar-refractivity contribution is 7.99. The number of hydrogen-bond donors (Lipinski definition) is 1. The number of piperidine rings is 1. The summed E-state index contributed by atoms with van der Waals surface area (Å²) in [5, 5.41) is 0.795. The third kappa shape index (κ3) is 4.60. The van der Waals surface area contributed by atoms with Crippen LogP contribution in [0.25, 0.3) is 11.2 Å². The van der Waals surface area contributed by atoms with E-state index in [1.54, 1.807) is 11.8 Å². The molecule has 11 heteroatoms. The molecule has 1 amide bonds. The molecule has 1 aromatic carbocycles. The number of benzene rings is 1. The fourth-order valence-electron chi connectivity index (χ4n) is 4.19. The number of nitrogens with zero attached hydrogens (tertiary/aromatic N) is 5. The van der Waals surface area contributed by atoms with E-state index < -0.39 is 0 Å². The standard InChI is InChI=1S/C23H26N6O4S/c1-14(2)33-23(30)28-8-5-15(6-9-28)7-10-29-21-19(20(24)25-12-26-21)27-22(29)34-16-3-4-17-18(11-16)32-13-31-17/h3-4,11-12,15H,1,5-10,13H2,2H3,(H2,24,25,26). The first kappa shape index (κ1) is 22.3. The molecule has 0 saturated carbocycles. The zero-order valence-electron chi connectivity index (χ0n) is 18.9. The zero-order valence-corrected chi connectivity index (χ0v) is 19.7. The van der Waals surface area contributed by atoms with Crippen molar-refractivity contribution in [1.29, 1.82) is 0 Å². The Morgan fingerprint density at radius 3 is 2.85 bits per heavy atom. The van der Waals surface area contributed by atoms with Gasteiger partial charge in [0.25, 0.3) is 0 Å². The number of likely N-dealkylation sites (tertiary alicyclic amines) is 1. The number of hydrogen-bond acceptors (Lipinski definition) is 9. The second-order valence-electron chi connectivity index (χ2n) is 8.38. The molecule has 0 aliphatic carbocycles. The molecule has 1 saturated heterocycles. The molecular formula is C23H26N6O4S. The summed E-state index contributed by atoms with van der Waals surface area (Å²) in [7, 11) is 0. The Morgan fingerprint density at radius 2 is 2.06 bits per heavy atom. The zero-order chi connectivity index (χ0) is 23.7. The molecule has 1 fully saturated rings. The molecule has 0 unspecified atom stereocenters. The normalized spacial score (nSPS) is 15.6. The van der Waals surface area contributed by atoms with Crippen molar-refractivity contribution in [3.8, 4) is 11.5 Å². The number of aryl methyl sites for hydroxylation is 1. The number of rotatable bonds is 6. The van der Waals surface area contributed by atoms with E-state index in [9.17, 15) is 4.79 Å². The van der Waals surface area contributed by atoms with Gasteiger partial charge in [0, 0.05) is 24.5 Å². The topological polar surface area (TPSA) is 118 Å². The number of fused-ring (bicyclic) bond motifs is 2. The minimum atomic E-state index is -0.318. The van der Waals surface area contributed by atoms with E-state index in [1.165, 1.54) is 18.1 Å². The predicted octanol–water partition coefficient (Wildman–Crippen LogP) is 4.06. The second-order valence-corrected chi connectivity index (χ2v) is 9.42. The number of amides is 1. The van der Waals surface area contributed by atoms with Crippen molar-refractivity contribution in [3.05, 3.63) is 36.9 Å². The maximum Gasteiger partial charge on any atom is 0.414 e. The average Bonchev–Trinajstić information content (AvgIpc) is 3.42. The Hall–Kier alpha value is -3.47. The maximum atomic E-state index is 12.1. The molecule has 2 aromatic heterocycles. The lowest BCUT2D eigenvalue weighted by Crippen LogP contribution is -2.38. The van der Waals surface area contributed by atoms with Crippen LogP contribution in [0.1, 0.15) is 26.2 Å². The number of carbonyl (C=O) groups is 1. The summed E-state index contributed by atoms with van der Waals surface area (Å²) in [6.07, 6.45) is 3.92. The summed E-state index contributed by atoms with van der Waals surface area (Å²) in [5.74, 6) is 2.72. The van der Waals surface area contributed by atoms with E-state index in [-0.39, 0.29) is 12.9 Å². The largest absolute Gasteiger partial charge is 0.454 e. The smallest absolute Gasteiger partial charge is 0.414 e. The van der Waals surface area contributed by atoms with E-state index in [2.05, 4.69) is 21.1 Å². The summed E-state index contributed by atoms with van der Waals surface area (Å²) in [5.41, 5.74) is 7.42. The molecule has 0 spiro atoms. The SMILES string of the molecule is C=C(C)OC(=O)N1CCC(CCn2c(Sc3ccc4c(c3)OCO4)nc3c(N)ncnc32)CC1. The molecule has 5 rings (SSSR count). The first-order valence-corrected chi connectivity index (χ1v) is 12.0. The van der Waals surface area contributed by atoms with Gasteiger partial charge < -0.3 is 29.4 Å². The van der Waals surface area contributed by atoms with Gasteiger partial charge in [-0.25, -0.2) is 19.7 Å². The van der Waals surface area contributed by atoms with Crippen molar-refractivity contribution >= 4 is 34.8 Å². The molecule has 10 nitrogen and oxygen atoms in total. The molecule has 2 aliphatic heterocycles. The van der Waals surface area contributed by atoms with E-state index in [1.807, 2.05) is 18.2 Å². The highest BCUT2D eigenvalue weighted by Crippen LogP contribution is 2.38. The molecular weight excluding hydrogens is 456 g/mol. The fourth-order valence-corrected chi connectivity index (χ4v) is 5.13. The Kier molecular flexibility index (Phi) is 6.18. The summed E-state index contributed by atoms with van der Waals surface area (Å²) in [6, 6.07) is 5.83. The van der Waals surface area contributed by atoms with Gasteiger partial charge in [0.15, 0.2) is 33.6 Å². The van der Waals surface area contributed by atoms with Crippen LogP contribution < -0.4 is 15.2 Å². The predicted molar refractivity (Wildman–Crippen MR) is 127 cm³/mol. The van der Waals surface area contributed by atoms with Crippen LogP contribution in [0.3, 0.4) is 0 Å². The van der Waals surface area contributed by atoms with Gasteiger partial charge in [0.1, 0.15) is 6.33 Å². The number of allylic oxidation sites excluding steroid dienone is 1. The third-order valence-corrected chi connectivity index (χ3v) is 6.96. The number of ether oxygens (including phenoxy) is 3. The molecule has 3 aromatic rings. The monoisotopic (exact) mass is 482 g/mol. The molecule has 34 heavy (non-hydrogen) atoms. The van der Waals surface area contributed by atoms with Crippen LogP contribution in [0, 0.1) is 5.92 Å². The van der Waals surface area contributed by atoms with Gasteiger partial charge in [-0.15, -0.1) is 0 Å². The lowest BCUT2D eigenvalue weighted by molar-refractivity contribution is 0.109. The second kappa shape index (κ2) is 9.41. The van der Waals surface area contributed by atoms with Crippen LogP contribution in [0.5, 0.6) is 11.5 Å². The Morgan fingerprint density at radius 1 is 1.26 bits per heavy atom. The van der Waals surface area contributed by atoms with Crippen molar-refractivity contribution < 1.29 is 19.0 Å². The van der Waals surface area contributed by atoms with Crippen LogP contribution >= 0.6 is 11.8 Å². The highest BCUT2D eigenvalue weighted by Gasteiger charge is 2.25. The number of nitrogen functional groups attached to an aromatic ring is 1. The molecule has 178 valence electrons. The van der Waals surface area contributed by atoms with Crippen LogP contribution in [-0.2, 0) is 11.3 Å². The quantitative estimate of drug-likeness (QED) is 0.519. The lowest BCUT2D eigenvalue weighted by atomic mass is 9.94. The minimum Gasteiger partial charge on any atom is -0.454 e. The van der Waals surface area contributed by atoms with E-state index in [0.717, 1.165) is 53.0 Å². The molecule has 0 bridgehead atoms. The first-order chi connectivity index (χ1) is 16.5. The van der Waals surface area contributed by atoms with E-state index >= 15 is 0 Å². The van der Waals surface area contributed by atoms with Crippen molar-refractivity contribution in [2.24, 2.45) is 5.92 Å². The molecule has 4 heterocycles. The van der Waals surface area contributed by atoms with Crippen LogP contribution in [0.15, 0.2) is 46.9 Å². The van der Waals surface area contributed by atoms with Crippen molar-refractivity contribution in [2.75, 3.05) is 25.6 Å². The Balaban J connectivity index is 1.30. The van der Waals surface area contributed by atoms with E-state index in [0.29, 0.717) is 36.1 Å². The average molecular weight is 483 g/mol. The maximum absolute atomic E-state index is 12.1. The van der Waals surface area contributed by atoms with Gasteiger partial charge in [0.05, 0.1) is 5.76 Å². The number of aromatic nitrogens is 4. The summed E-state index contributed by atoms with van der Waals surface area (Å²) < 4.78 is 18.2. The van der Waals surface area contributed by atoms with Gasteiger partial charge in [-0.2, -0.15) is 0 Å². The third-order valence-electron chi connectivity index (χ3n) is 5.97. The Bertz CT molecular complexity index is 1240. The van der Waals surface area contributed by atoms with Gasteiger partial charge in [-0.1, -0.05) is 18.3 Å². The molecule has 0 radical (unpaired) electrons. The number of nitrogens with two attached hydrogens (primary N) is 1. The van der Waals surface area contributed by atoms with E-state index in [4.69, 9.17) is 24.9 Å². The fraction of sp³-hybridized carbons (Fsp3) is 0.391. The summed E-state index contributed by atoms with van der Waals surface area (Å²) in [4.78, 5) is 28.2. The van der Waals surface area contributed by atoms with Crippen molar-refractivity contribution in [3.63, 3.8) is 0 Å². The van der Waals surface area contributed by atoms with Crippen molar-refractivity contribution in [1.82, 2.24) is 24.4 Å². The first-order valence-electron chi connectivity index (χ1n) is 11.1. The number of imidazole rings is 1. The van der Waals surface area contributed by atoms with Crippen LogP contribution in [0.4, 0.5) is 10.6 Å². The van der Waals surface area contributed by atoms with Gasteiger partial charge >= 0.3 is 6.09 Å². The van der Waals surface area contributed by atoms with Crippen LogP contribution in [0.2, 0.25) is 0 Å². The molecule has 2 N–H and O–H groups in total. The summed E-state index contributed by atoms with van der Waals surface area (Å²) in [6.45, 7) is 7.64. The van der Waals surface area contributed by atoms with Crippen LogP contribution in [-0.4, -0.2) is 50.4 Å². The summed E-state index contributed by atoms with van der Waals surface area (Å²) >= 11 is 1.53. The van der Waals surface area contributed by atoms with Gasteiger partial charge in [-0.3, -0.25) is 0 Å². The Labute approximate surface area is 201 Å². The molecule has 2 aliphatic rings. The highest BCUT2D eigenvalue weighted by atomic mass is 32.2. The molecule has 0 atom stereocenters. The number of carbonyl (C=O) groups excluding carboxylic acids is 1. The van der Waals surface area contributed by atoms with Gasteiger partial charge in [-0.05, 0) is 50.3 Å². The van der Waals surface area contributed by atoms with Crippen molar-refractivity contribution in [2.45, 2.75) is 42.8 Å². The lowest BCUT2D eigenvalue weighted by Gasteiger charge is -2.31. The number of anilines is 1. The minimum absolute atomic E-state index is 0.234.